The number of anilines is 1. The smallest absolute Gasteiger partial charge is 0.407 e. The van der Waals surface area contributed by atoms with Crippen molar-refractivity contribution in [1.29, 1.82) is 0 Å². The van der Waals surface area contributed by atoms with Crippen molar-refractivity contribution in [2.24, 2.45) is 7.05 Å². The summed E-state index contributed by atoms with van der Waals surface area (Å²) in [5.41, 5.74) is 1.57. The number of nitro groups is 1. The van der Waals surface area contributed by atoms with E-state index in [4.69, 9.17) is 4.74 Å². The van der Waals surface area contributed by atoms with Crippen molar-refractivity contribution in [2.75, 3.05) is 18.0 Å². The summed E-state index contributed by atoms with van der Waals surface area (Å²) in [6, 6.07) is 1.44. The largest absolute Gasteiger partial charge is 0.444 e. The first-order valence-corrected chi connectivity index (χ1v) is 8.91. The van der Waals surface area contributed by atoms with Crippen LogP contribution in [0.5, 0.6) is 0 Å². The summed E-state index contributed by atoms with van der Waals surface area (Å²) in [7, 11) is 1.80. The molecule has 27 heavy (non-hydrogen) atoms. The van der Waals surface area contributed by atoms with Crippen molar-refractivity contribution in [3.63, 3.8) is 0 Å². The SMILES string of the molecule is Cc1cc([N+](=O)[O-])c(N2CC[C@@H](NC(=O)OC(C)(C)C)C2)c2cn(C)nc12. The lowest BCUT2D eigenvalue weighted by atomic mass is 10.1. The molecule has 2 heterocycles. The van der Waals surface area contributed by atoms with Crippen LogP contribution >= 0.6 is 0 Å². The predicted molar refractivity (Wildman–Crippen MR) is 102 cm³/mol. The van der Waals surface area contributed by atoms with Crippen molar-refractivity contribution in [3.8, 4) is 0 Å². The zero-order chi connectivity index (χ0) is 19.9. The van der Waals surface area contributed by atoms with E-state index in [2.05, 4.69) is 10.4 Å². The highest BCUT2D eigenvalue weighted by Gasteiger charge is 2.32. The van der Waals surface area contributed by atoms with Crippen LogP contribution in [0.4, 0.5) is 16.2 Å². The van der Waals surface area contributed by atoms with E-state index in [1.807, 2.05) is 32.6 Å². The first-order valence-electron chi connectivity index (χ1n) is 8.91. The molecule has 0 spiro atoms. The first kappa shape index (κ1) is 18.9. The predicted octanol–water partition coefficient (Wildman–Crippen LogP) is 2.89. The van der Waals surface area contributed by atoms with Crippen molar-refractivity contribution >= 4 is 28.4 Å². The third-order valence-corrected chi connectivity index (χ3v) is 4.48. The lowest BCUT2D eigenvalue weighted by Crippen LogP contribution is -2.40. The molecule has 2 aromatic rings. The lowest BCUT2D eigenvalue weighted by Gasteiger charge is -2.22. The molecule has 1 saturated heterocycles. The maximum Gasteiger partial charge on any atom is 0.407 e. The molecule has 0 unspecified atom stereocenters. The fourth-order valence-electron chi connectivity index (χ4n) is 3.46. The van der Waals surface area contributed by atoms with E-state index < -0.39 is 11.7 Å². The van der Waals surface area contributed by atoms with Crippen molar-refractivity contribution < 1.29 is 14.5 Å². The maximum absolute atomic E-state index is 12.0. The Hall–Kier alpha value is -2.84. The molecule has 1 aliphatic heterocycles. The van der Waals surface area contributed by atoms with Crippen LogP contribution in [0.1, 0.15) is 32.8 Å². The van der Waals surface area contributed by atoms with Crippen LogP contribution in [0.2, 0.25) is 0 Å². The van der Waals surface area contributed by atoms with Gasteiger partial charge in [-0.1, -0.05) is 0 Å². The average Bonchev–Trinajstić information content (AvgIpc) is 3.11. The molecule has 1 atom stereocenters. The number of carbonyl (C=O) groups excluding carboxylic acids is 1. The molecule has 146 valence electrons. The first-order chi connectivity index (χ1) is 12.5. The summed E-state index contributed by atoms with van der Waals surface area (Å²) in [6.07, 6.45) is 2.02. The van der Waals surface area contributed by atoms with Crippen LogP contribution in [0, 0.1) is 17.0 Å². The van der Waals surface area contributed by atoms with Crippen LogP contribution in [0.25, 0.3) is 10.9 Å². The van der Waals surface area contributed by atoms with Crippen LogP contribution < -0.4 is 10.2 Å². The van der Waals surface area contributed by atoms with Gasteiger partial charge in [0.25, 0.3) is 5.69 Å². The van der Waals surface area contributed by atoms with Crippen molar-refractivity contribution in [1.82, 2.24) is 15.1 Å². The minimum Gasteiger partial charge on any atom is -0.444 e. The number of nitro benzene ring substituents is 1. The fraction of sp³-hybridized carbons (Fsp3) is 0.556. The van der Waals surface area contributed by atoms with Crippen LogP contribution in [0.15, 0.2) is 12.3 Å². The number of amides is 1. The molecule has 1 amide bonds. The Morgan fingerprint density at radius 3 is 2.78 bits per heavy atom. The zero-order valence-corrected chi connectivity index (χ0v) is 16.3. The highest BCUT2D eigenvalue weighted by Crippen LogP contribution is 2.39. The number of aryl methyl sites for hydroxylation is 2. The maximum atomic E-state index is 12.0. The van der Waals surface area contributed by atoms with Gasteiger partial charge in [0.2, 0.25) is 0 Å². The molecular formula is C18H25N5O4. The zero-order valence-electron chi connectivity index (χ0n) is 16.3. The summed E-state index contributed by atoms with van der Waals surface area (Å²) in [6.45, 7) is 8.33. The Kier molecular flexibility index (Phi) is 4.71. The summed E-state index contributed by atoms with van der Waals surface area (Å²) in [4.78, 5) is 25.3. The van der Waals surface area contributed by atoms with E-state index in [1.165, 1.54) is 0 Å². The third-order valence-electron chi connectivity index (χ3n) is 4.48. The molecule has 1 aliphatic rings. The van der Waals surface area contributed by atoms with E-state index in [0.717, 1.165) is 16.5 Å². The second-order valence-corrected chi connectivity index (χ2v) is 7.96. The average molecular weight is 375 g/mol. The minimum atomic E-state index is -0.569. The fourth-order valence-corrected chi connectivity index (χ4v) is 3.46. The number of carbonyl (C=O) groups is 1. The highest BCUT2D eigenvalue weighted by atomic mass is 16.6. The second-order valence-electron chi connectivity index (χ2n) is 7.96. The van der Waals surface area contributed by atoms with Gasteiger partial charge in [0, 0.05) is 32.4 Å². The molecule has 9 heteroatoms. The normalized spacial score (nSPS) is 17.4. The number of ether oxygens (including phenoxy) is 1. The number of aromatic nitrogens is 2. The van der Waals surface area contributed by atoms with Gasteiger partial charge in [-0.3, -0.25) is 14.8 Å². The number of hydrogen-bond acceptors (Lipinski definition) is 6. The summed E-state index contributed by atoms with van der Waals surface area (Å²) in [5.74, 6) is 0. The van der Waals surface area contributed by atoms with Crippen molar-refractivity contribution in [2.45, 2.75) is 45.8 Å². The summed E-state index contributed by atoms with van der Waals surface area (Å²) >= 11 is 0. The van der Waals surface area contributed by atoms with Crippen molar-refractivity contribution in [3.05, 3.63) is 27.9 Å². The number of nitrogens with zero attached hydrogens (tertiary/aromatic N) is 4. The van der Waals surface area contributed by atoms with Crippen LogP contribution in [-0.4, -0.2) is 45.5 Å². The number of hydrogen-bond donors (Lipinski definition) is 1. The molecular weight excluding hydrogens is 350 g/mol. The Morgan fingerprint density at radius 1 is 1.44 bits per heavy atom. The van der Waals surface area contributed by atoms with Gasteiger partial charge in [-0.2, -0.15) is 5.10 Å². The molecule has 0 bridgehead atoms. The Balaban J connectivity index is 1.88. The van der Waals surface area contributed by atoms with Gasteiger partial charge in [-0.05, 0) is 39.7 Å². The van der Waals surface area contributed by atoms with E-state index in [0.29, 0.717) is 25.2 Å². The number of rotatable bonds is 3. The Bertz CT molecular complexity index is 899. The number of benzene rings is 1. The molecule has 1 fully saturated rings. The molecule has 0 aliphatic carbocycles. The van der Waals surface area contributed by atoms with Gasteiger partial charge >= 0.3 is 6.09 Å². The number of fused-ring (bicyclic) bond motifs is 1. The minimum absolute atomic E-state index is 0.0610. The monoisotopic (exact) mass is 375 g/mol. The lowest BCUT2D eigenvalue weighted by molar-refractivity contribution is -0.384. The number of alkyl carbamates (subject to hydrolysis) is 1. The van der Waals surface area contributed by atoms with E-state index in [9.17, 15) is 14.9 Å². The molecule has 0 radical (unpaired) electrons. The van der Waals surface area contributed by atoms with Gasteiger partial charge in [-0.25, -0.2) is 4.79 Å². The standard InChI is InChI=1S/C18H25N5O4/c1-11-8-14(23(25)26)16(13-10-21(5)20-15(11)13)22-7-6-12(9-22)19-17(24)27-18(2,3)4/h8,10,12H,6-7,9H2,1-5H3,(H,19,24)/t12-/m1/s1. The molecule has 1 aromatic heterocycles. The second kappa shape index (κ2) is 6.71. The van der Waals surface area contributed by atoms with Gasteiger partial charge in [0.05, 0.1) is 21.9 Å². The summed E-state index contributed by atoms with van der Waals surface area (Å²) in [5, 5.41) is 19.7. The van der Waals surface area contributed by atoms with Gasteiger partial charge < -0.3 is 15.0 Å². The van der Waals surface area contributed by atoms with Crippen LogP contribution in [-0.2, 0) is 11.8 Å². The molecule has 0 saturated carbocycles. The van der Waals surface area contributed by atoms with E-state index >= 15 is 0 Å². The quantitative estimate of drug-likeness (QED) is 0.654. The molecule has 9 nitrogen and oxygen atoms in total. The van der Waals surface area contributed by atoms with Gasteiger partial charge in [-0.15, -0.1) is 0 Å². The summed E-state index contributed by atoms with van der Waals surface area (Å²) < 4.78 is 6.97. The topological polar surface area (TPSA) is 103 Å². The molecule has 3 rings (SSSR count). The third kappa shape index (κ3) is 3.96. The van der Waals surface area contributed by atoms with E-state index in [1.54, 1.807) is 24.0 Å². The Morgan fingerprint density at radius 2 is 2.15 bits per heavy atom. The van der Waals surface area contributed by atoms with E-state index in [-0.39, 0.29) is 16.7 Å². The van der Waals surface area contributed by atoms with Crippen LogP contribution in [0.3, 0.4) is 0 Å². The molecule has 1 aromatic carbocycles. The number of nitrogens with one attached hydrogen (secondary N) is 1. The highest BCUT2D eigenvalue weighted by molar-refractivity contribution is 5.98. The van der Waals surface area contributed by atoms with Gasteiger partial charge in [0.15, 0.2) is 0 Å². The van der Waals surface area contributed by atoms with Gasteiger partial charge in [0.1, 0.15) is 11.3 Å². The molecule has 1 N–H and O–H groups in total. The Labute approximate surface area is 157 Å².